The molecule has 0 aliphatic carbocycles. The summed E-state index contributed by atoms with van der Waals surface area (Å²) in [7, 11) is 0. The van der Waals surface area contributed by atoms with E-state index in [1.54, 1.807) is 0 Å². The SMILES string of the molecule is CC(C)(C)c1ccc(-c2cc3cc(c2)-n2c4ccccc4c4ccc5c6ccccc6n(c5c42)-c2cc4c5c(c2C(C)(C)c2ccc-3cc2)Oc2ccc(C(C)(C)C)cc2B5c2cc(C(C)(C)C)cc3c5cc(C(C)(C)C)ccc5n-4c23)cc1. The lowest BCUT2D eigenvalue weighted by atomic mass is 9.34. The third-order valence-electron chi connectivity index (χ3n) is 19.7. The van der Waals surface area contributed by atoms with Crippen molar-refractivity contribution < 1.29 is 4.74 Å². The third kappa shape index (κ3) is 7.14. The molecule has 5 heteroatoms. The quantitative estimate of drug-likeness (QED) is 0.150. The number of para-hydroxylation sites is 2. The molecule has 4 aliphatic heterocycles. The summed E-state index contributed by atoms with van der Waals surface area (Å²) in [6.07, 6.45) is 0. The summed E-state index contributed by atoms with van der Waals surface area (Å²) in [6.45, 7) is 32.8. The van der Waals surface area contributed by atoms with E-state index in [-0.39, 0.29) is 28.4 Å². The number of rotatable bonds is 1. The molecule has 4 nitrogen and oxygen atoms in total. The number of benzene rings is 10. The van der Waals surface area contributed by atoms with Crippen LogP contribution in [0.2, 0.25) is 0 Å². The number of aromatic nitrogens is 3. The Hall–Kier alpha value is -8.54. The second kappa shape index (κ2) is 16.8. The molecule has 3 aromatic heterocycles. The van der Waals surface area contributed by atoms with Crippen LogP contribution in [0.15, 0.2) is 182 Å². The Morgan fingerprint density at radius 2 is 0.869 bits per heavy atom. The van der Waals surface area contributed by atoms with Crippen molar-refractivity contribution in [2.24, 2.45) is 0 Å². The van der Waals surface area contributed by atoms with Gasteiger partial charge in [-0.2, -0.15) is 0 Å². The van der Waals surface area contributed by atoms with Gasteiger partial charge in [-0.1, -0.05) is 218 Å². The van der Waals surface area contributed by atoms with Crippen molar-refractivity contribution >= 4 is 88.5 Å². The highest BCUT2D eigenvalue weighted by atomic mass is 16.5. The molecular formula is C79H72BN3O. The van der Waals surface area contributed by atoms with Gasteiger partial charge < -0.3 is 18.4 Å². The minimum atomic E-state index is -0.598. The molecule has 0 radical (unpaired) electrons. The molecule has 4 aliphatic rings. The number of hydrogen-bond acceptors (Lipinski definition) is 1. The van der Waals surface area contributed by atoms with Gasteiger partial charge >= 0.3 is 0 Å². The van der Waals surface area contributed by atoms with Gasteiger partial charge in [-0.15, -0.1) is 0 Å². The van der Waals surface area contributed by atoms with E-state index in [0.717, 1.165) is 28.4 Å². The molecule has 17 rings (SSSR count). The largest absolute Gasteiger partial charge is 0.458 e. The van der Waals surface area contributed by atoms with Crippen molar-refractivity contribution in [3.63, 3.8) is 0 Å². The maximum absolute atomic E-state index is 7.95. The fourth-order valence-electron chi connectivity index (χ4n) is 14.9. The molecule has 0 spiro atoms. The molecule has 0 saturated heterocycles. The van der Waals surface area contributed by atoms with Gasteiger partial charge in [0.15, 0.2) is 0 Å². The second-order valence-corrected chi connectivity index (χ2v) is 29.5. The minimum Gasteiger partial charge on any atom is -0.458 e. The van der Waals surface area contributed by atoms with Crippen molar-refractivity contribution in [3.8, 4) is 50.8 Å². The Morgan fingerprint density at radius 3 is 1.49 bits per heavy atom. The molecule has 0 amide bonds. The Labute approximate surface area is 494 Å². The predicted molar refractivity (Wildman–Crippen MR) is 358 cm³/mol. The van der Waals surface area contributed by atoms with Gasteiger partial charge in [0.05, 0.1) is 33.3 Å². The first-order chi connectivity index (χ1) is 39.9. The van der Waals surface area contributed by atoms with Gasteiger partial charge in [-0.25, -0.2) is 0 Å². The molecule has 13 aromatic rings. The van der Waals surface area contributed by atoms with Gasteiger partial charge in [-0.3, -0.25) is 0 Å². The van der Waals surface area contributed by atoms with Gasteiger partial charge in [0.2, 0.25) is 0 Å². The van der Waals surface area contributed by atoms with Crippen LogP contribution in [0.5, 0.6) is 11.5 Å². The summed E-state index contributed by atoms with van der Waals surface area (Å²) in [6, 6.07) is 71.1. The van der Waals surface area contributed by atoms with Crippen LogP contribution in [0.3, 0.4) is 0 Å². The average Bonchev–Trinajstić information content (AvgIpc) is 1.37. The van der Waals surface area contributed by atoms with Gasteiger partial charge in [-0.05, 0) is 149 Å². The Kier molecular flexibility index (Phi) is 10.3. The van der Waals surface area contributed by atoms with E-state index in [2.05, 4.69) is 293 Å². The first-order valence-electron chi connectivity index (χ1n) is 30.4. The third-order valence-corrected chi connectivity index (χ3v) is 19.7. The number of fused-ring (bicyclic) bond motifs is 13. The van der Waals surface area contributed by atoms with Gasteiger partial charge in [0, 0.05) is 60.2 Å². The summed E-state index contributed by atoms with van der Waals surface area (Å²) < 4.78 is 15.8. The highest BCUT2D eigenvalue weighted by molar-refractivity contribution is 6.99. The van der Waals surface area contributed by atoms with E-state index in [1.807, 2.05) is 0 Å². The van der Waals surface area contributed by atoms with Crippen LogP contribution in [0.1, 0.15) is 130 Å². The molecule has 0 saturated carbocycles. The average molecular weight is 1090 g/mol. The molecule has 7 heterocycles. The molecule has 84 heavy (non-hydrogen) atoms. The summed E-state index contributed by atoms with van der Waals surface area (Å²) in [5.41, 5.74) is 26.0. The van der Waals surface area contributed by atoms with E-state index in [0.29, 0.717) is 0 Å². The molecular weight excluding hydrogens is 1020 g/mol. The van der Waals surface area contributed by atoms with Crippen molar-refractivity contribution in [2.45, 2.75) is 124 Å². The summed E-state index contributed by atoms with van der Waals surface area (Å²) >= 11 is 0. The monoisotopic (exact) mass is 1090 g/mol. The molecule has 10 aromatic carbocycles. The number of hydrogen-bond donors (Lipinski definition) is 0. The highest BCUT2D eigenvalue weighted by Gasteiger charge is 2.46. The second-order valence-electron chi connectivity index (χ2n) is 29.5. The van der Waals surface area contributed by atoms with E-state index >= 15 is 0 Å². The molecule has 4 bridgehead atoms. The van der Waals surface area contributed by atoms with Crippen LogP contribution in [-0.4, -0.2) is 20.4 Å². The first-order valence-corrected chi connectivity index (χ1v) is 30.4. The maximum atomic E-state index is 7.95. The zero-order valence-corrected chi connectivity index (χ0v) is 51.1. The Bertz CT molecular complexity index is 5030. The molecule has 412 valence electrons. The van der Waals surface area contributed by atoms with E-state index < -0.39 is 5.41 Å². The van der Waals surface area contributed by atoms with E-state index in [4.69, 9.17) is 4.74 Å². The lowest BCUT2D eigenvalue weighted by molar-refractivity contribution is 0.464. The van der Waals surface area contributed by atoms with Crippen LogP contribution in [-0.2, 0) is 27.1 Å². The van der Waals surface area contributed by atoms with Crippen molar-refractivity contribution in [3.05, 3.63) is 215 Å². The lowest BCUT2D eigenvalue weighted by Crippen LogP contribution is -2.59. The molecule has 0 fully saturated rings. The summed E-state index contributed by atoms with van der Waals surface area (Å²) in [4.78, 5) is 0. The fraction of sp³-hybridized carbons (Fsp3) is 0.241. The number of ether oxygens (including phenoxy) is 1. The normalized spacial score (nSPS) is 14.5. The summed E-state index contributed by atoms with van der Waals surface area (Å²) in [5, 5.41) is 7.46. The van der Waals surface area contributed by atoms with Crippen LogP contribution >= 0.6 is 0 Å². The number of nitrogens with zero attached hydrogens (tertiary/aromatic N) is 3. The lowest BCUT2D eigenvalue weighted by Gasteiger charge is -2.40. The molecule has 0 unspecified atom stereocenters. The van der Waals surface area contributed by atoms with E-state index in [1.165, 1.54) is 138 Å². The minimum absolute atomic E-state index is 0.0433. The van der Waals surface area contributed by atoms with Crippen LogP contribution in [0.25, 0.3) is 105 Å². The van der Waals surface area contributed by atoms with Crippen LogP contribution in [0.4, 0.5) is 0 Å². The van der Waals surface area contributed by atoms with Crippen molar-refractivity contribution in [1.29, 1.82) is 0 Å². The van der Waals surface area contributed by atoms with Crippen LogP contribution < -0.4 is 21.1 Å². The standard InChI is InChI=1S/C79H72BN3O/c1-75(2,3)49-27-23-45(24-28-49)47-37-48-39-54(38-47)81-63-21-17-15-19-55(63)57-33-34-58-56-20-16-18-22-64(56)82(73(58)72(57)81)66-44-67-70-74(69(66)79(13,14)50-29-25-46(48)26-30-50)84-68-36-32-52(77(7,8)9)42-61(68)80(70)62-43-53(78(10,11)12)41-60-59-40-51(76(4,5)6)31-35-65(59)83(67)71(60)62/h15-44H,1-14H3. The first kappa shape index (κ1) is 51.1. The summed E-state index contributed by atoms with van der Waals surface area (Å²) in [5.74, 6) is 1.87. The zero-order chi connectivity index (χ0) is 58.1. The zero-order valence-electron chi connectivity index (χ0n) is 51.1. The van der Waals surface area contributed by atoms with Crippen molar-refractivity contribution in [1.82, 2.24) is 13.7 Å². The predicted octanol–water partition coefficient (Wildman–Crippen LogP) is 19.1. The smallest absolute Gasteiger partial charge is 0.256 e. The topological polar surface area (TPSA) is 24.0 Å². The fourth-order valence-corrected chi connectivity index (χ4v) is 14.9. The van der Waals surface area contributed by atoms with Gasteiger partial charge in [0.1, 0.15) is 11.5 Å². The van der Waals surface area contributed by atoms with Crippen molar-refractivity contribution in [2.75, 3.05) is 0 Å². The van der Waals surface area contributed by atoms with Crippen LogP contribution in [0, 0.1) is 0 Å². The molecule has 0 atom stereocenters. The Balaban J connectivity index is 1.12. The highest BCUT2D eigenvalue weighted by Crippen LogP contribution is 2.52. The Morgan fingerprint density at radius 1 is 0.369 bits per heavy atom. The molecule has 0 N–H and O–H groups in total. The maximum Gasteiger partial charge on any atom is 0.256 e. The van der Waals surface area contributed by atoms with E-state index in [9.17, 15) is 0 Å². The van der Waals surface area contributed by atoms with Gasteiger partial charge in [0.25, 0.3) is 6.71 Å².